The highest BCUT2D eigenvalue weighted by molar-refractivity contribution is 5.18. The predicted octanol–water partition coefficient (Wildman–Crippen LogP) is 0.502. The van der Waals surface area contributed by atoms with Crippen molar-refractivity contribution in [3.8, 4) is 0 Å². The van der Waals surface area contributed by atoms with Gasteiger partial charge in [0.05, 0.1) is 12.2 Å². The monoisotopic (exact) mass is 229 g/mol. The molecule has 0 saturated carbocycles. The summed E-state index contributed by atoms with van der Waals surface area (Å²) in [5.74, 6) is -1.23. The van der Waals surface area contributed by atoms with Gasteiger partial charge in [0.15, 0.2) is 0 Å². The van der Waals surface area contributed by atoms with Gasteiger partial charge in [-0.05, 0) is 17.7 Å². The highest BCUT2D eigenvalue weighted by Gasteiger charge is 2.29. The molecule has 16 heavy (non-hydrogen) atoms. The van der Waals surface area contributed by atoms with Gasteiger partial charge in [0.1, 0.15) is 11.6 Å². The number of benzene rings is 1. The number of β-amino-alcohol motifs (C(OH)–C–C–N with tert-alkyl or cyclic N) is 2. The highest BCUT2D eigenvalue weighted by atomic mass is 19.1. The van der Waals surface area contributed by atoms with Gasteiger partial charge in [-0.2, -0.15) is 0 Å². The molecule has 2 rings (SSSR count). The van der Waals surface area contributed by atoms with Crippen LogP contribution in [0, 0.1) is 11.6 Å². The van der Waals surface area contributed by atoms with Crippen LogP contribution in [0.4, 0.5) is 8.78 Å². The molecular formula is C11H13F2NO2. The largest absolute Gasteiger partial charge is 0.389 e. The zero-order valence-corrected chi connectivity index (χ0v) is 8.61. The summed E-state index contributed by atoms with van der Waals surface area (Å²) >= 11 is 0. The smallest absolute Gasteiger partial charge is 0.126 e. The zero-order valence-electron chi connectivity index (χ0n) is 8.61. The predicted molar refractivity (Wildman–Crippen MR) is 53.6 cm³/mol. The van der Waals surface area contributed by atoms with Gasteiger partial charge in [0.2, 0.25) is 0 Å². The molecule has 1 saturated heterocycles. The molecule has 1 aliphatic heterocycles. The van der Waals surface area contributed by atoms with E-state index in [1.54, 1.807) is 4.90 Å². The lowest BCUT2D eigenvalue weighted by Gasteiger charge is -2.14. The molecule has 1 aliphatic rings. The van der Waals surface area contributed by atoms with E-state index in [1.807, 2.05) is 0 Å². The number of hydrogen-bond donors (Lipinski definition) is 2. The lowest BCUT2D eigenvalue weighted by atomic mass is 10.2. The van der Waals surface area contributed by atoms with Crippen LogP contribution in [0.5, 0.6) is 0 Å². The van der Waals surface area contributed by atoms with Crippen LogP contribution >= 0.6 is 0 Å². The van der Waals surface area contributed by atoms with Crippen LogP contribution in [0.15, 0.2) is 18.2 Å². The summed E-state index contributed by atoms with van der Waals surface area (Å²) in [5, 5.41) is 18.6. The van der Waals surface area contributed by atoms with Crippen molar-refractivity contribution in [2.75, 3.05) is 13.1 Å². The molecule has 1 aromatic carbocycles. The van der Waals surface area contributed by atoms with Crippen LogP contribution in [0.1, 0.15) is 5.56 Å². The average Bonchev–Trinajstić information content (AvgIpc) is 2.43. The maximum Gasteiger partial charge on any atom is 0.126 e. The molecule has 2 N–H and O–H groups in total. The number of likely N-dealkylation sites (tertiary alicyclic amines) is 1. The topological polar surface area (TPSA) is 43.7 Å². The van der Waals surface area contributed by atoms with Crippen molar-refractivity contribution in [1.29, 1.82) is 0 Å². The van der Waals surface area contributed by atoms with E-state index in [0.29, 0.717) is 25.2 Å². The quantitative estimate of drug-likeness (QED) is 0.776. The standard InChI is InChI=1S/C11H13F2NO2/c12-8-1-7(2-9(13)3-8)4-14-5-10(15)11(16)6-14/h1-3,10-11,15-16H,4-6H2. The Bertz CT molecular complexity index is 356. The Hall–Kier alpha value is -1.04. The molecule has 0 aromatic heterocycles. The van der Waals surface area contributed by atoms with E-state index in [1.165, 1.54) is 12.1 Å². The third-order valence-electron chi connectivity index (χ3n) is 2.66. The Morgan fingerprint density at radius 3 is 2.06 bits per heavy atom. The molecule has 0 radical (unpaired) electrons. The third-order valence-corrected chi connectivity index (χ3v) is 2.66. The molecule has 3 nitrogen and oxygen atoms in total. The van der Waals surface area contributed by atoms with Crippen molar-refractivity contribution in [3.63, 3.8) is 0 Å². The Kier molecular flexibility index (Phi) is 3.18. The van der Waals surface area contributed by atoms with Crippen LogP contribution < -0.4 is 0 Å². The lowest BCUT2D eigenvalue weighted by Crippen LogP contribution is -2.22. The number of nitrogens with zero attached hydrogens (tertiary/aromatic N) is 1. The number of aliphatic hydroxyl groups excluding tert-OH is 2. The SMILES string of the molecule is OC1CN(Cc2cc(F)cc(F)c2)CC1O. The average molecular weight is 229 g/mol. The Morgan fingerprint density at radius 2 is 1.56 bits per heavy atom. The van der Waals surface area contributed by atoms with E-state index < -0.39 is 23.8 Å². The summed E-state index contributed by atoms with van der Waals surface area (Å²) in [4.78, 5) is 1.75. The summed E-state index contributed by atoms with van der Waals surface area (Å²) in [5.41, 5.74) is 0.499. The van der Waals surface area contributed by atoms with Gasteiger partial charge in [-0.1, -0.05) is 0 Å². The fourth-order valence-electron chi connectivity index (χ4n) is 1.94. The third kappa shape index (κ3) is 2.55. The summed E-state index contributed by atoms with van der Waals surface area (Å²) in [6.07, 6.45) is -1.56. The number of halogens is 2. The van der Waals surface area contributed by atoms with Gasteiger partial charge < -0.3 is 10.2 Å². The number of rotatable bonds is 2. The number of aliphatic hydroxyl groups is 2. The molecule has 1 aromatic rings. The Morgan fingerprint density at radius 1 is 1.06 bits per heavy atom. The first-order valence-corrected chi connectivity index (χ1v) is 5.08. The normalized spacial score (nSPS) is 26.2. The van der Waals surface area contributed by atoms with E-state index in [9.17, 15) is 19.0 Å². The van der Waals surface area contributed by atoms with Crippen molar-refractivity contribution in [3.05, 3.63) is 35.4 Å². The first-order chi connectivity index (χ1) is 7.54. The first kappa shape index (κ1) is 11.4. The van der Waals surface area contributed by atoms with Crippen LogP contribution in [-0.2, 0) is 6.54 Å². The molecule has 2 atom stereocenters. The Labute approximate surface area is 91.9 Å². The van der Waals surface area contributed by atoms with Crippen LogP contribution in [0.2, 0.25) is 0 Å². The molecule has 5 heteroatoms. The molecule has 88 valence electrons. The van der Waals surface area contributed by atoms with Gasteiger partial charge in [-0.3, -0.25) is 4.90 Å². The summed E-state index contributed by atoms with van der Waals surface area (Å²) in [6, 6.07) is 3.32. The van der Waals surface area contributed by atoms with Crippen molar-refractivity contribution in [2.24, 2.45) is 0 Å². The van der Waals surface area contributed by atoms with Crippen molar-refractivity contribution in [2.45, 2.75) is 18.8 Å². The molecule has 2 unspecified atom stereocenters. The molecule has 0 spiro atoms. The van der Waals surface area contributed by atoms with Gasteiger partial charge in [0.25, 0.3) is 0 Å². The minimum Gasteiger partial charge on any atom is -0.389 e. The second kappa shape index (κ2) is 4.45. The summed E-state index contributed by atoms with van der Waals surface area (Å²) in [6.45, 7) is 0.960. The summed E-state index contributed by atoms with van der Waals surface area (Å²) in [7, 11) is 0. The van der Waals surface area contributed by atoms with Crippen molar-refractivity contribution < 1.29 is 19.0 Å². The number of hydrogen-bond acceptors (Lipinski definition) is 3. The van der Waals surface area contributed by atoms with Gasteiger partial charge in [0, 0.05) is 25.7 Å². The maximum absolute atomic E-state index is 12.9. The van der Waals surface area contributed by atoms with Crippen molar-refractivity contribution >= 4 is 0 Å². The second-order valence-electron chi connectivity index (χ2n) is 4.11. The fourth-order valence-corrected chi connectivity index (χ4v) is 1.94. The van der Waals surface area contributed by atoms with Crippen molar-refractivity contribution in [1.82, 2.24) is 4.90 Å². The minimum absolute atomic E-state index is 0.319. The molecule has 0 amide bonds. The van der Waals surface area contributed by atoms with Crippen LogP contribution in [0.3, 0.4) is 0 Å². The first-order valence-electron chi connectivity index (χ1n) is 5.08. The lowest BCUT2D eigenvalue weighted by molar-refractivity contribution is 0.0572. The van der Waals surface area contributed by atoms with E-state index in [4.69, 9.17) is 0 Å². The van der Waals surface area contributed by atoms with Gasteiger partial charge >= 0.3 is 0 Å². The molecule has 1 fully saturated rings. The Balaban J connectivity index is 2.04. The summed E-state index contributed by atoms with van der Waals surface area (Å²) < 4.78 is 25.8. The van der Waals surface area contributed by atoms with Crippen LogP contribution in [0.25, 0.3) is 0 Å². The highest BCUT2D eigenvalue weighted by Crippen LogP contribution is 2.15. The zero-order chi connectivity index (χ0) is 11.7. The molecule has 0 aliphatic carbocycles. The maximum atomic E-state index is 12.9. The fraction of sp³-hybridized carbons (Fsp3) is 0.455. The van der Waals surface area contributed by atoms with E-state index in [0.717, 1.165) is 6.07 Å². The van der Waals surface area contributed by atoms with Gasteiger partial charge in [-0.15, -0.1) is 0 Å². The minimum atomic E-state index is -0.779. The van der Waals surface area contributed by atoms with Gasteiger partial charge in [-0.25, -0.2) is 8.78 Å². The van der Waals surface area contributed by atoms with E-state index in [-0.39, 0.29) is 0 Å². The molecular weight excluding hydrogens is 216 g/mol. The van der Waals surface area contributed by atoms with E-state index >= 15 is 0 Å². The van der Waals surface area contributed by atoms with Crippen LogP contribution in [-0.4, -0.2) is 40.4 Å². The second-order valence-corrected chi connectivity index (χ2v) is 4.11. The molecule has 0 bridgehead atoms. The molecule has 1 heterocycles. The van der Waals surface area contributed by atoms with E-state index in [2.05, 4.69) is 0 Å².